The fraction of sp³-hybridized carbons (Fsp3) is 0. The monoisotopic (exact) mass is 92.0 g/mol. The summed E-state index contributed by atoms with van der Waals surface area (Å²) in [5.74, 6) is 0. The first-order valence-electron chi connectivity index (χ1n) is 0.946. The molecule has 5 heteroatoms. The van der Waals surface area contributed by atoms with Gasteiger partial charge in [0, 0.05) is 0 Å². The predicted molar refractivity (Wildman–Crippen MR) is 9.68 cm³/mol. The van der Waals surface area contributed by atoms with Crippen LogP contribution in [0.15, 0.2) is 13.2 Å². The van der Waals surface area contributed by atoms with E-state index in [9.17, 15) is 4.46 Å². The molecule has 0 saturated heterocycles. The molecule has 1 heterocycles. The molecular formula is O4Si. The fourth-order valence-corrected chi connectivity index (χ4v) is 0.185. The normalized spacial score (nSPS) is 8.80. The highest BCUT2D eigenvalue weighted by Gasteiger charge is 1.95. The molecule has 0 atom stereocenters. The lowest BCUT2D eigenvalue weighted by molar-refractivity contribution is -0.204. The second-order valence-electron chi connectivity index (χ2n) is 0.485. The van der Waals surface area contributed by atoms with E-state index < -0.39 is 8.80 Å². The maximum Gasteiger partial charge on any atom is 0.860 e. The lowest BCUT2D eigenvalue weighted by atomic mass is 14.8. The van der Waals surface area contributed by atoms with Crippen molar-refractivity contribution in [2.24, 2.45) is 0 Å². The third-order valence-corrected chi connectivity index (χ3v) is 0.612. The maximum atomic E-state index is 9.52. The minimum atomic E-state index is -2.17. The third kappa shape index (κ3) is 0.234. The Balaban J connectivity index is 3.29. The van der Waals surface area contributed by atoms with Gasteiger partial charge in [-0.1, -0.05) is 0 Å². The Hall–Kier alpha value is -0.583. The molecule has 0 saturated carbocycles. The molecule has 1 rings (SSSR count). The Morgan fingerprint density at radius 2 is 1.80 bits per heavy atom. The molecule has 0 aromatic carbocycles. The molecule has 0 aliphatic carbocycles. The van der Waals surface area contributed by atoms with Gasteiger partial charge >= 0.3 is 8.80 Å². The smallest absolute Gasteiger partial charge is 0.284 e. The van der Waals surface area contributed by atoms with Crippen LogP contribution in [-0.4, -0.2) is 8.80 Å². The highest BCUT2D eigenvalue weighted by molar-refractivity contribution is 6.13. The molecule has 1 aromatic rings. The molecule has 0 unspecified atom stereocenters. The van der Waals surface area contributed by atoms with Gasteiger partial charge < -0.3 is 0 Å². The van der Waals surface area contributed by atoms with Gasteiger partial charge in [0.25, 0.3) is 0 Å². The van der Waals surface area contributed by atoms with Gasteiger partial charge in [0.2, 0.25) is 0 Å². The van der Waals surface area contributed by atoms with Crippen LogP contribution in [0.1, 0.15) is 0 Å². The molecular weight excluding hydrogens is 92.1 g/mol. The Morgan fingerprint density at radius 3 is 1.80 bits per heavy atom. The SMILES string of the molecule is O=[si]1ooo1. The largest absolute Gasteiger partial charge is 0.860 e. The van der Waals surface area contributed by atoms with Gasteiger partial charge in [-0.25, -0.2) is 8.51 Å². The van der Waals surface area contributed by atoms with Crippen LogP contribution >= 0.6 is 0 Å². The van der Waals surface area contributed by atoms with Crippen molar-refractivity contribution >= 4 is 8.80 Å². The molecule has 0 fully saturated rings. The van der Waals surface area contributed by atoms with Crippen molar-refractivity contribution in [1.29, 1.82) is 0 Å². The van der Waals surface area contributed by atoms with Crippen molar-refractivity contribution in [3.05, 3.63) is 0 Å². The summed E-state index contributed by atoms with van der Waals surface area (Å²) in [5, 5.41) is 0. The van der Waals surface area contributed by atoms with Crippen LogP contribution in [0.2, 0.25) is 0 Å². The minimum absolute atomic E-state index is 2.17. The Morgan fingerprint density at radius 1 is 1.40 bits per heavy atom. The van der Waals surface area contributed by atoms with Crippen molar-refractivity contribution in [3.8, 4) is 0 Å². The molecule has 0 spiro atoms. The zero-order chi connectivity index (χ0) is 3.70. The van der Waals surface area contributed by atoms with Crippen molar-refractivity contribution < 1.29 is 17.7 Å². The first-order chi connectivity index (χ1) is 2.39. The first kappa shape index (κ1) is 2.64. The van der Waals surface area contributed by atoms with Crippen LogP contribution in [-0.2, 0) is 4.46 Å². The zero-order valence-corrected chi connectivity index (χ0v) is 3.13. The van der Waals surface area contributed by atoms with Crippen LogP contribution in [0.3, 0.4) is 0 Å². The maximum absolute atomic E-state index is 9.52. The molecule has 4 nitrogen and oxygen atoms in total. The van der Waals surface area contributed by atoms with Crippen molar-refractivity contribution in [2.75, 3.05) is 0 Å². The van der Waals surface area contributed by atoms with E-state index in [4.69, 9.17) is 0 Å². The average Bonchev–Trinajstić information content (AvgIpc) is 1.30. The standard InChI is InChI=1S/O4Si/c1-5-3-2-4-5. The van der Waals surface area contributed by atoms with Crippen LogP contribution < -0.4 is 0 Å². The summed E-state index contributed by atoms with van der Waals surface area (Å²) in [6.07, 6.45) is 0. The van der Waals surface area contributed by atoms with Crippen molar-refractivity contribution in [3.63, 3.8) is 0 Å². The summed E-state index contributed by atoms with van der Waals surface area (Å²) in [6, 6.07) is 0. The molecule has 5 heavy (non-hydrogen) atoms. The van der Waals surface area contributed by atoms with E-state index in [1.807, 2.05) is 0 Å². The second kappa shape index (κ2) is 0.680. The molecule has 1 aromatic heterocycles. The van der Waals surface area contributed by atoms with Crippen molar-refractivity contribution in [2.45, 2.75) is 0 Å². The van der Waals surface area contributed by atoms with E-state index in [1.54, 1.807) is 0 Å². The van der Waals surface area contributed by atoms with Crippen molar-refractivity contribution in [1.82, 2.24) is 0 Å². The van der Waals surface area contributed by atoms with E-state index in [1.165, 1.54) is 0 Å². The van der Waals surface area contributed by atoms with Gasteiger partial charge in [-0.2, -0.15) is 0 Å². The van der Waals surface area contributed by atoms with Gasteiger partial charge in [-0.15, -0.1) is 4.74 Å². The zero-order valence-electron chi connectivity index (χ0n) is 2.13. The lowest BCUT2D eigenvalue weighted by Crippen LogP contribution is -1.77. The molecule has 0 aliphatic rings. The number of rotatable bonds is 0. The van der Waals surface area contributed by atoms with Gasteiger partial charge in [0.1, 0.15) is 0 Å². The summed E-state index contributed by atoms with van der Waals surface area (Å²) in [7, 11) is -2.17. The van der Waals surface area contributed by atoms with Gasteiger partial charge in [0.15, 0.2) is 0 Å². The summed E-state index contributed by atoms with van der Waals surface area (Å²) >= 11 is 0. The van der Waals surface area contributed by atoms with E-state index in [-0.39, 0.29) is 0 Å². The highest BCUT2D eigenvalue weighted by atomic mass is 28.2. The summed E-state index contributed by atoms with van der Waals surface area (Å²) < 4.78 is 20.6. The Labute approximate surface area is 27.7 Å². The first-order valence-corrected chi connectivity index (χ1v) is 2.17. The average molecular weight is 92.1 g/mol. The summed E-state index contributed by atoms with van der Waals surface area (Å²) in [5.41, 5.74) is 0. The molecule has 0 bridgehead atoms. The number of hydrogen-bond acceptors (Lipinski definition) is 4. The third-order valence-electron chi connectivity index (χ3n) is 0.204. The van der Waals surface area contributed by atoms with Crippen LogP contribution in [0, 0.1) is 0 Å². The van der Waals surface area contributed by atoms with E-state index in [0.717, 1.165) is 0 Å². The van der Waals surface area contributed by atoms with E-state index in [2.05, 4.69) is 13.2 Å². The molecule has 0 radical (unpaired) electrons. The predicted octanol–water partition coefficient (Wildman–Crippen LogP) is -0.0340. The minimum Gasteiger partial charge on any atom is -0.284 e. The Bertz CT molecular complexity index is 118. The second-order valence-corrected chi connectivity index (χ2v) is 1.32. The molecule has 28 valence electrons. The molecule has 0 amide bonds. The molecule has 0 N–H and O–H groups in total. The van der Waals surface area contributed by atoms with Gasteiger partial charge in [-0.3, -0.25) is 4.46 Å². The fourth-order valence-electron chi connectivity index (χ4n) is 0.0618. The van der Waals surface area contributed by atoms with Gasteiger partial charge in [0.05, 0.1) is 0 Å². The van der Waals surface area contributed by atoms with Crippen LogP contribution in [0.5, 0.6) is 0 Å². The van der Waals surface area contributed by atoms with E-state index in [0.29, 0.717) is 0 Å². The quantitative estimate of drug-likeness (QED) is 0.333. The summed E-state index contributed by atoms with van der Waals surface area (Å²) in [6.45, 7) is 0. The highest BCUT2D eigenvalue weighted by Crippen LogP contribution is 1.73. The van der Waals surface area contributed by atoms with Crippen LogP contribution in [0.25, 0.3) is 0 Å². The number of hydrogen-bond donors (Lipinski definition) is 0. The lowest BCUT2D eigenvalue weighted by Gasteiger charge is -1.69. The molecule has 0 aliphatic heterocycles. The topological polar surface area (TPSA) is 56.5 Å². The van der Waals surface area contributed by atoms with Gasteiger partial charge in [-0.05, 0) is 0 Å². The Kier molecular flexibility index (Phi) is 0.360. The van der Waals surface area contributed by atoms with Crippen LogP contribution in [0.4, 0.5) is 0 Å². The summed E-state index contributed by atoms with van der Waals surface area (Å²) in [4.78, 5) is 0. The van der Waals surface area contributed by atoms with E-state index >= 15 is 0 Å².